The van der Waals surface area contributed by atoms with Crippen molar-refractivity contribution in [2.45, 2.75) is 51.3 Å². The molecule has 9 heteroatoms. The summed E-state index contributed by atoms with van der Waals surface area (Å²) in [5.74, 6) is -0.111. The van der Waals surface area contributed by atoms with Crippen molar-refractivity contribution in [2.24, 2.45) is 0 Å². The number of rotatable bonds is 6. The molecule has 1 saturated heterocycles. The van der Waals surface area contributed by atoms with Crippen molar-refractivity contribution >= 4 is 5.91 Å². The van der Waals surface area contributed by atoms with Crippen molar-refractivity contribution in [2.75, 3.05) is 13.2 Å². The maximum Gasteiger partial charge on any atom is 0.417 e. The largest absolute Gasteiger partial charge is 0.417 e. The van der Waals surface area contributed by atoms with Crippen molar-refractivity contribution in [1.82, 2.24) is 20.1 Å². The zero-order valence-corrected chi connectivity index (χ0v) is 15.8. The minimum Gasteiger partial charge on any atom is -0.378 e. The van der Waals surface area contributed by atoms with E-state index in [0.717, 1.165) is 38.1 Å². The Morgan fingerprint density at radius 1 is 1.36 bits per heavy atom. The average Bonchev–Trinajstić information content (AvgIpc) is 3.30. The number of pyridine rings is 1. The third-order valence-corrected chi connectivity index (χ3v) is 4.67. The van der Waals surface area contributed by atoms with E-state index < -0.39 is 11.7 Å². The van der Waals surface area contributed by atoms with Gasteiger partial charge in [-0.15, -0.1) is 0 Å². The van der Waals surface area contributed by atoms with Gasteiger partial charge in [0.25, 0.3) is 5.91 Å². The van der Waals surface area contributed by atoms with Crippen molar-refractivity contribution < 1.29 is 22.7 Å². The Kier molecular flexibility index (Phi) is 6.02. The molecule has 6 nitrogen and oxygen atoms in total. The molecule has 2 aromatic heterocycles. The van der Waals surface area contributed by atoms with E-state index in [1.807, 2.05) is 13.8 Å². The van der Waals surface area contributed by atoms with Gasteiger partial charge in [0.15, 0.2) is 5.82 Å². The maximum atomic E-state index is 12.7. The van der Waals surface area contributed by atoms with Crippen LogP contribution in [-0.4, -0.2) is 39.9 Å². The number of nitrogens with one attached hydrogen (secondary N) is 1. The Balaban J connectivity index is 1.76. The van der Waals surface area contributed by atoms with Crippen molar-refractivity contribution in [3.05, 3.63) is 41.3 Å². The fourth-order valence-corrected chi connectivity index (χ4v) is 3.26. The molecule has 1 fully saturated rings. The molecule has 0 aromatic carbocycles. The first-order valence-electron chi connectivity index (χ1n) is 9.28. The Hall–Kier alpha value is -2.42. The number of halogens is 3. The summed E-state index contributed by atoms with van der Waals surface area (Å²) in [6.45, 7) is 5.04. The number of carbonyl (C=O) groups is 1. The topological polar surface area (TPSA) is 69.0 Å². The molecule has 0 radical (unpaired) electrons. The molecule has 3 rings (SSSR count). The van der Waals surface area contributed by atoms with E-state index in [4.69, 9.17) is 4.74 Å². The Morgan fingerprint density at radius 3 is 2.71 bits per heavy atom. The van der Waals surface area contributed by atoms with Crippen LogP contribution in [0.25, 0.3) is 5.82 Å². The second-order valence-electron chi connectivity index (χ2n) is 7.09. The van der Waals surface area contributed by atoms with Gasteiger partial charge in [-0.25, -0.2) is 9.67 Å². The highest BCUT2D eigenvalue weighted by molar-refractivity contribution is 5.95. The van der Waals surface area contributed by atoms with Crippen LogP contribution < -0.4 is 5.32 Å². The van der Waals surface area contributed by atoms with Crippen molar-refractivity contribution in [3.8, 4) is 5.82 Å². The van der Waals surface area contributed by atoms with Gasteiger partial charge in [0.2, 0.25) is 0 Å². The minimum absolute atomic E-state index is 0.0782. The number of hydrogen-bond donors (Lipinski definition) is 1. The number of amides is 1. The maximum absolute atomic E-state index is 12.7. The third-order valence-electron chi connectivity index (χ3n) is 4.67. The van der Waals surface area contributed by atoms with Gasteiger partial charge in [-0.1, -0.05) is 13.8 Å². The lowest BCUT2D eigenvalue weighted by Gasteiger charge is -2.14. The van der Waals surface area contributed by atoms with Crippen LogP contribution in [-0.2, 0) is 10.9 Å². The summed E-state index contributed by atoms with van der Waals surface area (Å²) in [6, 6.07) is 2.20. The monoisotopic (exact) mass is 396 g/mol. The summed E-state index contributed by atoms with van der Waals surface area (Å²) in [7, 11) is 0. The predicted molar refractivity (Wildman–Crippen MR) is 96.4 cm³/mol. The summed E-state index contributed by atoms with van der Waals surface area (Å²) in [5.41, 5.74) is 0.160. The molecule has 1 amide bonds. The van der Waals surface area contributed by atoms with E-state index in [2.05, 4.69) is 15.4 Å². The average molecular weight is 396 g/mol. The Labute approximate surface area is 161 Å². The molecule has 152 valence electrons. The molecule has 1 N–H and O–H groups in total. The molecule has 28 heavy (non-hydrogen) atoms. The van der Waals surface area contributed by atoms with Crippen LogP contribution in [0.15, 0.2) is 24.5 Å². The summed E-state index contributed by atoms with van der Waals surface area (Å²) in [4.78, 5) is 16.5. The van der Waals surface area contributed by atoms with Gasteiger partial charge in [0.05, 0.1) is 29.1 Å². The summed E-state index contributed by atoms with van der Waals surface area (Å²) in [6.07, 6.45) is 0.720. The number of alkyl halides is 3. The first-order chi connectivity index (χ1) is 13.3. The van der Waals surface area contributed by atoms with Crippen LogP contribution in [0.2, 0.25) is 0 Å². The van der Waals surface area contributed by atoms with Crippen LogP contribution in [0.1, 0.15) is 60.6 Å². The molecule has 1 unspecified atom stereocenters. The van der Waals surface area contributed by atoms with E-state index in [0.29, 0.717) is 17.8 Å². The lowest BCUT2D eigenvalue weighted by atomic mass is 10.1. The number of nitrogens with zero attached hydrogens (tertiary/aromatic N) is 3. The lowest BCUT2D eigenvalue weighted by Crippen LogP contribution is -2.28. The van der Waals surface area contributed by atoms with Crippen LogP contribution in [0.5, 0.6) is 0 Å². The smallest absolute Gasteiger partial charge is 0.378 e. The van der Waals surface area contributed by atoms with E-state index in [1.54, 1.807) is 0 Å². The molecule has 1 aliphatic rings. The Bertz CT molecular complexity index is 810. The second kappa shape index (κ2) is 8.30. The van der Waals surface area contributed by atoms with Gasteiger partial charge in [-0.2, -0.15) is 18.3 Å². The molecule has 3 heterocycles. The second-order valence-corrected chi connectivity index (χ2v) is 7.09. The van der Waals surface area contributed by atoms with Crippen LogP contribution in [0.4, 0.5) is 13.2 Å². The fraction of sp³-hybridized carbons (Fsp3) is 0.526. The summed E-state index contributed by atoms with van der Waals surface area (Å²) in [5, 5.41) is 7.07. The highest BCUT2D eigenvalue weighted by Crippen LogP contribution is 2.29. The molecule has 1 atom stereocenters. The first kappa shape index (κ1) is 20.3. The summed E-state index contributed by atoms with van der Waals surface area (Å²) >= 11 is 0. The van der Waals surface area contributed by atoms with E-state index in [1.165, 1.54) is 16.9 Å². The van der Waals surface area contributed by atoms with Crippen molar-refractivity contribution in [3.63, 3.8) is 0 Å². The van der Waals surface area contributed by atoms with Gasteiger partial charge in [0.1, 0.15) is 0 Å². The Morgan fingerprint density at radius 2 is 2.14 bits per heavy atom. The van der Waals surface area contributed by atoms with E-state index in [9.17, 15) is 18.0 Å². The van der Waals surface area contributed by atoms with E-state index >= 15 is 0 Å². The van der Waals surface area contributed by atoms with Crippen molar-refractivity contribution in [1.29, 1.82) is 0 Å². The van der Waals surface area contributed by atoms with E-state index in [-0.39, 0.29) is 23.7 Å². The molecule has 1 aliphatic heterocycles. The number of carbonyl (C=O) groups excluding carboxylic acids is 1. The lowest BCUT2D eigenvalue weighted by molar-refractivity contribution is -0.137. The zero-order chi connectivity index (χ0) is 20.3. The van der Waals surface area contributed by atoms with Gasteiger partial charge in [-0.3, -0.25) is 4.79 Å². The van der Waals surface area contributed by atoms with Gasteiger partial charge >= 0.3 is 6.18 Å². The van der Waals surface area contributed by atoms with Gasteiger partial charge in [-0.05, 0) is 37.3 Å². The summed E-state index contributed by atoms with van der Waals surface area (Å²) < 4.78 is 45.2. The van der Waals surface area contributed by atoms with Crippen LogP contribution >= 0.6 is 0 Å². The number of hydrogen-bond acceptors (Lipinski definition) is 4. The normalized spacial score (nSPS) is 17.3. The standard InChI is InChI=1S/C19H23F3N4O2/c1-12(2)17-15(18(27)23-8-7-14-4-3-9-28-14)11-25-26(17)16-6-5-13(10-24-16)19(20,21)22/h5-6,10-12,14H,3-4,7-9H2,1-2H3,(H,23,27). The number of aromatic nitrogens is 3. The molecule has 0 spiro atoms. The highest BCUT2D eigenvalue weighted by Gasteiger charge is 2.31. The SMILES string of the molecule is CC(C)c1c(C(=O)NCCC2CCCO2)cnn1-c1ccc(C(F)(F)F)cn1. The molecule has 0 aliphatic carbocycles. The predicted octanol–water partition coefficient (Wildman–Crippen LogP) is 3.71. The van der Waals surface area contributed by atoms with Gasteiger partial charge in [0, 0.05) is 19.3 Å². The fourth-order valence-electron chi connectivity index (χ4n) is 3.26. The molecular weight excluding hydrogens is 373 g/mol. The highest BCUT2D eigenvalue weighted by atomic mass is 19.4. The molecule has 0 saturated carbocycles. The van der Waals surface area contributed by atoms with Crippen LogP contribution in [0.3, 0.4) is 0 Å². The van der Waals surface area contributed by atoms with Gasteiger partial charge < -0.3 is 10.1 Å². The molecule has 2 aromatic rings. The number of ether oxygens (including phenoxy) is 1. The third kappa shape index (κ3) is 4.52. The molecular formula is C19H23F3N4O2. The first-order valence-corrected chi connectivity index (χ1v) is 9.28. The minimum atomic E-state index is -4.45. The quantitative estimate of drug-likeness (QED) is 0.808. The molecule has 0 bridgehead atoms. The van der Waals surface area contributed by atoms with Crippen LogP contribution in [0, 0.1) is 0 Å². The zero-order valence-electron chi connectivity index (χ0n) is 15.8.